The van der Waals surface area contributed by atoms with Gasteiger partial charge in [-0.15, -0.1) is 0 Å². The number of amides is 6. The molecule has 0 aliphatic carbocycles. The molecule has 0 aromatic carbocycles. The van der Waals surface area contributed by atoms with Crippen LogP contribution in [0.3, 0.4) is 0 Å². The Kier molecular flexibility index (Phi) is 14.8. The van der Waals surface area contributed by atoms with Crippen molar-refractivity contribution in [2.24, 2.45) is 11.5 Å². The highest BCUT2D eigenvalue weighted by molar-refractivity contribution is 5.89. The van der Waals surface area contributed by atoms with Crippen molar-refractivity contribution in [1.29, 1.82) is 0 Å². The number of rotatable bonds is 15. The lowest BCUT2D eigenvalue weighted by Gasteiger charge is -2.32. The van der Waals surface area contributed by atoms with E-state index in [9.17, 15) is 28.8 Å². The largest absolute Gasteiger partial charge is 0.354 e. The Morgan fingerprint density at radius 2 is 0.912 bits per heavy atom. The summed E-state index contributed by atoms with van der Waals surface area (Å²) in [6.07, 6.45) is 0. The Morgan fingerprint density at radius 3 is 1.15 bits per heavy atom. The molecule has 0 fully saturated rings. The second-order valence-corrected chi connectivity index (χ2v) is 7.61. The first-order chi connectivity index (χ1) is 15.9. The first-order valence-electron chi connectivity index (χ1n) is 10.9. The molecule has 8 N–H and O–H groups in total. The predicted octanol–water partition coefficient (Wildman–Crippen LogP) is -4.16. The van der Waals surface area contributed by atoms with E-state index in [0.717, 1.165) is 0 Å². The van der Waals surface area contributed by atoms with Crippen LogP contribution in [0.15, 0.2) is 0 Å². The molecule has 14 nitrogen and oxygen atoms in total. The second kappa shape index (κ2) is 16.4. The monoisotopic (exact) mass is 486 g/mol. The maximum atomic E-state index is 13.1. The summed E-state index contributed by atoms with van der Waals surface area (Å²) in [7, 11) is 0. The van der Waals surface area contributed by atoms with Crippen molar-refractivity contribution >= 4 is 35.4 Å². The first kappa shape index (κ1) is 30.7. The lowest BCUT2D eigenvalue weighted by molar-refractivity contribution is -0.139. The minimum Gasteiger partial charge on any atom is -0.354 e. The maximum Gasteiger partial charge on any atom is 0.247 e. The van der Waals surface area contributed by atoms with E-state index in [1.54, 1.807) is 0 Å². The van der Waals surface area contributed by atoms with Gasteiger partial charge < -0.3 is 42.5 Å². The lowest BCUT2D eigenvalue weighted by atomic mass is 10.2. The molecular weight excluding hydrogens is 448 g/mol. The molecule has 0 aliphatic rings. The molecule has 0 saturated heterocycles. The van der Waals surface area contributed by atoms with Crippen molar-refractivity contribution in [3.8, 4) is 0 Å². The molecule has 0 aliphatic heterocycles. The highest BCUT2D eigenvalue weighted by Gasteiger charge is 2.28. The average molecular weight is 487 g/mol. The Morgan fingerprint density at radius 1 is 0.588 bits per heavy atom. The fourth-order valence-electron chi connectivity index (χ4n) is 3.04. The summed E-state index contributed by atoms with van der Waals surface area (Å²) < 4.78 is 0. The molecule has 2 unspecified atom stereocenters. The summed E-state index contributed by atoms with van der Waals surface area (Å²) in [5.41, 5.74) is 11.3. The topological polar surface area (TPSA) is 209 Å². The highest BCUT2D eigenvalue weighted by atomic mass is 16.2. The van der Waals surface area contributed by atoms with Crippen molar-refractivity contribution < 1.29 is 28.8 Å². The number of nitrogens with zero attached hydrogens (tertiary/aromatic N) is 2. The standard InChI is InChI=1S/C20H38N8O6/c1-13(29)23-11-17(25-15(3)31)19(33)27(7-5-21)9-10-28(8-6-22)20(34)18(26-16(4)32)12-24-14(2)30/h17-18H,5-12,21-22H2,1-4H3,(H,23,29)(H,24,30)(H,25,31)(H,26,32). The number of nitrogens with one attached hydrogen (secondary N) is 4. The van der Waals surface area contributed by atoms with Crippen LogP contribution in [-0.4, -0.2) is 110 Å². The van der Waals surface area contributed by atoms with E-state index in [1.807, 2.05) is 0 Å². The molecule has 0 saturated carbocycles. The van der Waals surface area contributed by atoms with Gasteiger partial charge in [-0.2, -0.15) is 0 Å². The maximum absolute atomic E-state index is 13.1. The zero-order valence-corrected chi connectivity index (χ0v) is 20.3. The third-order valence-electron chi connectivity index (χ3n) is 4.52. The van der Waals surface area contributed by atoms with Crippen LogP contribution in [0.1, 0.15) is 27.7 Å². The molecule has 0 radical (unpaired) electrons. The van der Waals surface area contributed by atoms with Crippen molar-refractivity contribution in [1.82, 2.24) is 31.1 Å². The van der Waals surface area contributed by atoms with Gasteiger partial charge in [0.2, 0.25) is 35.4 Å². The SMILES string of the molecule is CC(=O)NCC(NC(C)=O)C(=O)N(CCN)CCN(CCN)C(=O)C(CNC(C)=O)NC(C)=O. The number of hydrogen-bond donors (Lipinski definition) is 6. The van der Waals surface area contributed by atoms with E-state index in [2.05, 4.69) is 21.3 Å². The molecule has 0 aromatic rings. The minimum absolute atomic E-state index is 0.0604. The summed E-state index contributed by atoms with van der Waals surface area (Å²) in [6.45, 7) is 5.51. The molecule has 0 heterocycles. The van der Waals surface area contributed by atoms with Crippen LogP contribution in [0.2, 0.25) is 0 Å². The molecule has 0 bridgehead atoms. The van der Waals surface area contributed by atoms with Crippen LogP contribution in [0.25, 0.3) is 0 Å². The number of nitrogens with two attached hydrogens (primary N) is 2. The summed E-state index contributed by atoms with van der Waals surface area (Å²) in [6, 6.07) is -2.03. The molecule has 0 spiro atoms. The van der Waals surface area contributed by atoms with Crippen molar-refractivity contribution in [2.45, 2.75) is 39.8 Å². The average Bonchev–Trinajstić information content (AvgIpc) is 2.74. The van der Waals surface area contributed by atoms with Gasteiger partial charge in [0.15, 0.2) is 0 Å². The Balaban J connectivity index is 5.53. The van der Waals surface area contributed by atoms with Crippen LogP contribution >= 0.6 is 0 Å². The summed E-state index contributed by atoms with van der Waals surface area (Å²) in [5, 5.41) is 10.0. The van der Waals surface area contributed by atoms with Crippen molar-refractivity contribution in [3.05, 3.63) is 0 Å². The van der Waals surface area contributed by atoms with Gasteiger partial charge in [-0.1, -0.05) is 0 Å². The number of carbonyl (C=O) groups is 6. The number of carbonyl (C=O) groups excluding carboxylic acids is 6. The summed E-state index contributed by atoms with van der Waals surface area (Å²) in [4.78, 5) is 74.5. The van der Waals surface area contributed by atoms with Crippen LogP contribution in [0, 0.1) is 0 Å². The van der Waals surface area contributed by atoms with Gasteiger partial charge in [-0.3, -0.25) is 28.8 Å². The third kappa shape index (κ3) is 12.7. The smallest absolute Gasteiger partial charge is 0.247 e. The summed E-state index contributed by atoms with van der Waals surface area (Å²) >= 11 is 0. The first-order valence-corrected chi connectivity index (χ1v) is 10.9. The van der Waals surface area contributed by atoms with Crippen LogP contribution in [0.4, 0.5) is 0 Å². The van der Waals surface area contributed by atoms with Gasteiger partial charge in [-0.25, -0.2) is 0 Å². The molecule has 0 aromatic heterocycles. The zero-order valence-electron chi connectivity index (χ0n) is 20.3. The van der Waals surface area contributed by atoms with Gasteiger partial charge in [0, 0.05) is 80.1 Å². The lowest BCUT2D eigenvalue weighted by Crippen LogP contribution is -2.57. The molecule has 34 heavy (non-hydrogen) atoms. The molecular formula is C20H38N8O6. The van der Waals surface area contributed by atoms with E-state index in [0.29, 0.717) is 0 Å². The molecule has 2 atom stereocenters. The molecule has 0 rings (SSSR count). The van der Waals surface area contributed by atoms with E-state index in [1.165, 1.54) is 37.5 Å². The Bertz CT molecular complexity index is 672. The fourth-order valence-corrected chi connectivity index (χ4v) is 3.04. The highest BCUT2D eigenvalue weighted by Crippen LogP contribution is 2.01. The van der Waals surface area contributed by atoms with Crippen molar-refractivity contribution in [2.75, 3.05) is 52.4 Å². The van der Waals surface area contributed by atoms with Gasteiger partial charge >= 0.3 is 0 Å². The Hall–Kier alpha value is -3.26. The number of hydrogen-bond acceptors (Lipinski definition) is 8. The second-order valence-electron chi connectivity index (χ2n) is 7.61. The minimum atomic E-state index is -1.02. The van der Waals surface area contributed by atoms with E-state index >= 15 is 0 Å². The van der Waals surface area contributed by atoms with Crippen LogP contribution in [-0.2, 0) is 28.8 Å². The van der Waals surface area contributed by atoms with Gasteiger partial charge in [-0.05, 0) is 0 Å². The van der Waals surface area contributed by atoms with E-state index in [4.69, 9.17) is 11.5 Å². The van der Waals surface area contributed by atoms with E-state index < -0.39 is 35.7 Å². The summed E-state index contributed by atoms with van der Waals surface area (Å²) in [5.74, 6) is -2.59. The zero-order chi connectivity index (χ0) is 26.3. The predicted molar refractivity (Wildman–Crippen MR) is 124 cm³/mol. The third-order valence-corrected chi connectivity index (χ3v) is 4.52. The van der Waals surface area contributed by atoms with Gasteiger partial charge in [0.1, 0.15) is 12.1 Å². The normalized spacial score (nSPS) is 12.1. The fraction of sp³-hybridized carbons (Fsp3) is 0.700. The van der Waals surface area contributed by atoms with Gasteiger partial charge in [0.25, 0.3) is 0 Å². The van der Waals surface area contributed by atoms with Crippen LogP contribution < -0.4 is 32.7 Å². The molecule has 14 heteroatoms. The molecule has 194 valence electrons. The van der Waals surface area contributed by atoms with Gasteiger partial charge in [0.05, 0.1) is 0 Å². The Labute approximate surface area is 199 Å². The molecule has 6 amide bonds. The van der Waals surface area contributed by atoms with E-state index in [-0.39, 0.29) is 64.2 Å². The van der Waals surface area contributed by atoms with Crippen LogP contribution in [0.5, 0.6) is 0 Å². The van der Waals surface area contributed by atoms with Crippen molar-refractivity contribution in [3.63, 3.8) is 0 Å². The quantitative estimate of drug-likeness (QED) is 0.133.